The van der Waals surface area contributed by atoms with Crippen LogP contribution in [0.25, 0.3) is 0 Å². The molecule has 0 aromatic carbocycles. The van der Waals surface area contributed by atoms with Crippen molar-refractivity contribution in [2.45, 2.75) is 108 Å². The first-order valence-electron chi connectivity index (χ1n) is 13.0. The molecule has 1 fully saturated rings. The molecule has 0 aromatic rings. The second-order valence-electron chi connectivity index (χ2n) is 11.7. The number of carbonyl (C=O) groups is 3. The van der Waals surface area contributed by atoms with Gasteiger partial charge in [0.25, 0.3) is 0 Å². The number of nitrogens with one attached hydrogen (secondary N) is 2. The Morgan fingerprint density at radius 1 is 0.973 bits per heavy atom. The highest BCUT2D eigenvalue weighted by molar-refractivity contribution is 8.04. The van der Waals surface area contributed by atoms with Crippen molar-refractivity contribution in [1.82, 2.24) is 10.6 Å². The summed E-state index contributed by atoms with van der Waals surface area (Å²) in [5.74, 6) is 0.751. The lowest BCUT2D eigenvalue weighted by molar-refractivity contribution is -0.139. The van der Waals surface area contributed by atoms with Gasteiger partial charge in [0.1, 0.15) is 20.1 Å². The summed E-state index contributed by atoms with van der Waals surface area (Å²) in [5.41, 5.74) is 3.82. The number of thioether (sulfide) groups is 2. The molecule has 13 heteroatoms. The summed E-state index contributed by atoms with van der Waals surface area (Å²) in [7, 11) is 13.2. The van der Waals surface area contributed by atoms with Gasteiger partial charge in [-0.15, -0.1) is 0 Å². The van der Waals surface area contributed by atoms with Crippen molar-refractivity contribution >= 4 is 70.6 Å². The Morgan fingerprint density at radius 3 is 1.89 bits per heavy atom. The van der Waals surface area contributed by atoms with Gasteiger partial charge < -0.3 is 30.7 Å². The fraction of sp³-hybridized carbons (Fsp3) is 0.875. The largest absolute Gasteiger partial charge is 0.360 e. The molecule has 37 heavy (non-hydrogen) atoms. The van der Waals surface area contributed by atoms with E-state index in [1.807, 2.05) is 27.7 Å². The van der Waals surface area contributed by atoms with Crippen LogP contribution < -0.4 is 16.4 Å². The lowest BCUT2D eigenvalue weighted by Gasteiger charge is -2.38. The highest BCUT2D eigenvalue weighted by Crippen LogP contribution is 2.40. The van der Waals surface area contributed by atoms with Crippen LogP contribution in [0.3, 0.4) is 0 Å². The van der Waals surface area contributed by atoms with Gasteiger partial charge in [0.15, 0.2) is 0 Å². The maximum Gasteiger partial charge on any atom is 0.228 e. The van der Waals surface area contributed by atoms with Gasteiger partial charge in [0.05, 0.1) is 35.5 Å². The van der Waals surface area contributed by atoms with Gasteiger partial charge >= 0.3 is 0 Å². The monoisotopic (exact) mass is 545 g/mol. The third-order valence-electron chi connectivity index (χ3n) is 6.16. The zero-order valence-electron chi connectivity index (χ0n) is 23.6. The van der Waals surface area contributed by atoms with Crippen molar-refractivity contribution in [1.29, 1.82) is 0 Å². The van der Waals surface area contributed by atoms with Gasteiger partial charge in [0, 0.05) is 43.0 Å². The molecule has 0 aromatic heterocycles. The molecular formula is C24H43B4N3O4S2. The number of hydrogen-bond donors (Lipinski definition) is 3. The second kappa shape index (κ2) is 15.4. The minimum atomic E-state index is -0.872. The molecule has 0 heterocycles. The number of hydrogen-bond acceptors (Lipinski definition) is 8. The van der Waals surface area contributed by atoms with E-state index >= 15 is 0 Å². The number of amides is 1. The van der Waals surface area contributed by atoms with E-state index in [0.717, 1.165) is 33.6 Å². The van der Waals surface area contributed by atoms with Crippen LogP contribution in [0, 0.1) is 5.41 Å². The molecule has 202 valence electrons. The summed E-state index contributed by atoms with van der Waals surface area (Å²) in [6.45, 7) is 13.6. The van der Waals surface area contributed by atoms with E-state index in [4.69, 9.17) is 25.9 Å². The number of nitrogens with two attached hydrogens (primary N) is 1. The normalized spacial score (nSPS) is 21.2. The van der Waals surface area contributed by atoms with Crippen LogP contribution in [-0.4, -0.2) is 99.0 Å². The maximum absolute atomic E-state index is 13.0. The van der Waals surface area contributed by atoms with Crippen molar-refractivity contribution in [3.63, 3.8) is 0 Å². The zero-order chi connectivity index (χ0) is 28.4. The molecule has 6 radical (unpaired) electrons. The predicted molar refractivity (Wildman–Crippen MR) is 161 cm³/mol. The lowest BCUT2D eigenvalue weighted by atomic mass is 9.51. The molecule has 1 aliphatic rings. The molecule has 1 saturated carbocycles. The van der Waals surface area contributed by atoms with Crippen LogP contribution in [0.2, 0.25) is 0 Å². The molecule has 1 aliphatic carbocycles. The molecule has 0 spiro atoms. The highest BCUT2D eigenvalue weighted by Gasteiger charge is 2.36. The first-order valence-corrected chi connectivity index (χ1v) is 15.1. The fourth-order valence-corrected chi connectivity index (χ4v) is 6.89. The predicted octanol–water partition coefficient (Wildman–Crippen LogP) is 1.37. The molecule has 0 bridgehead atoms. The average molecular weight is 545 g/mol. The van der Waals surface area contributed by atoms with Crippen molar-refractivity contribution in [2.24, 2.45) is 11.1 Å². The Balaban J connectivity index is 2.68. The maximum atomic E-state index is 13.0. The Kier molecular flexibility index (Phi) is 14.5. The molecule has 1 rings (SSSR count). The van der Waals surface area contributed by atoms with E-state index in [1.54, 1.807) is 44.3 Å². The fourth-order valence-electron chi connectivity index (χ4n) is 3.74. The molecule has 5 atom stereocenters. The zero-order valence-corrected chi connectivity index (χ0v) is 25.2. The standard InChI is InChI=1S/C24H43B4N3O4S2/c1-8-11-24(7,29)35-14-23(5,6)21(34)30-15(19(32)27-25)12-36-17-9-10-18(17)37-13-16(20(33)28-26)31-22(2,3)4/h15-18,31H,8-14,29H2,1-7H3,(H,30,34). The van der Waals surface area contributed by atoms with E-state index in [9.17, 15) is 14.4 Å². The van der Waals surface area contributed by atoms with E-state index in [1.165, 1.54) is 0 Å². The molecule has 0 saturated heterocycles. The van der Waals surface area contributed by atoms with Gasteiger partial charge in [-0.2, -0.15) is 23.5 Å². The van der Waals surface area contributed by atoms with Crippen LogP contribution in [0.5, 0.6) is 0 Å². The van der Waals surface area contributed by atoms with E-state index in [2.05, 4.69) is 10.6 Å². The van der Waals surface area contributed by atoms with E-state index in [-0.39, 0.29) is 35.5 Å². The number of ether oxygens (including phenoxy) is 1. The SMILES string of the molecule is [B][B]C(=O)C(CSC1CCC1SCC(NC(C)(C)C)C(=O)[B][B])NC(=O)C(C)(C)COC(C)(N)CCC. The molecular weight excluding hydrogens is 502 g/mol. The van der Waals surface area contributed by atoms with Gasteiger partial charge in [-0.05, 0) is 60.8 Å². The van der Waals surface area contributed by atoms with Crippen molar-refractivity contribution in [2.75, 3.05) is 18.1 Å². The number of rotatable bonds is 18. The van der Waals surface area contributed by atoms with Crippen molar-refractivity contribution < 1.29 is 19.1 Å². The first-order chi connectivity index (χ1) is 17.0. The quantitative estimate of drug-likeness (QED) is 0.175. The van der Waals surface area contributed by atoms with Crippen LogP contribution in [0.1, 0.15) is 74.1 Å². The van der Waals surface area contributed by atoms with E-state index < -0.39 is 17.2 Å². The summed E-state index contributed by atoms with van der Waals surface area (Å²) >= 11 is 3.41. The summed E-state index contributed by atoms with van der Waals surface area (Å²) in [4.78, 5) is 37.8. The minimum absolute atomic E-state index is 0.117. The van der Waals surface area contributed by atoms with Crippen LogP contribution in [0.4, 0.5) is 0 Å². The smallest absolute Gasteiger partial charge is 0.228 e. The third kappa shape index (κ3) is 12.6. The van der Waals surface area contributed by atoms with E-state index in [0.29, 0.717) is 28.4 Å². The molecule has 5 unspecified atom stereocenters. The average Bonchev–Trinajstić information content (AvgIpc) is 2.79. The summed E-state index contributed by atoms with van der Waals surface area (Å²) in [6, 6.07) is -1.07. The highest BCUT2D eigenvalue weighted by atomic mass is 32.2. The summed E-state index contributed by atoms with van der Waals surface area (Å²) < 4.78 is 5.82. The van der Waals surface area contributed by atoms with Crippen molar-refractivity contribution in [3.05, 3.63) is 0 Å². The summed E-state index contributed by atoms with van der Waals surface area (Å²) in [6.07, 6.45) is 3.61. The molecule has 1 amide bonds. The number of carbonyl (C=O) groups excluding carboxylic acids is 3. The third-order valence-corrected chi connectivity index (χ3v) is 9.36. The first kappa shape index (κ1) is 34.7. The summed E-state index contributed by atoms with van der Waals surface area (Å²) in [5, 5.41) is 6.90. The topological polar surface area (TPSA) is 111 Å². The van der Waals surface area contributed by atoms with Gasteiger partial charge in [-0.25, -0.2) is 0 Å². The molecule has 4 N–H and O–H groups in total. The van der Waals surface area contributed by atoms with Gasteiger partial charge in [0.2, 0.25) is 5.91 Å². The van der Waals surface area contributed by atoms with Crippen LogP contribution in [0.15, 0.2) is 0 Å². The Hall–Kier alpha value is -0.350. The Labute approximate surface area is 237 Å². The van der Waals surface area contributed by atoms with Crippen LogP contribution in [-0.2, 0) is 19.1 Å². The van der Waals surface area contributed by atoms with Gasteiger partial charge in [-0.1, -0.05) is 13.3 Å². The lowest BCUT2D eigenvalue weighted by Crippen LogP contribution is -2.52. The van der Waals surface area contributed by atoms with Crippen LogP contribution >= 0.6 is 23.5 Å². The second-order valence-corrected chi connectivity index (χ2v) is 14.2. The minimum Gasteiger partial charge on any atom is -0.360 e. The Bertz CT molecular complexity index is 769. The van der Waals surface area contributed by atoms with Crippen molar-refractivity contribution in [3.8, 4) is 0 Å². The molecule has 0 aliphatic heterocycles. The van der Waals surface area contributed by atoms with Gasteiger partial charge in [-0.3, -0.25) is 4.79 Å². The molecule has 7 nitrogen and oxygen atoms in total. The Morgan fingerprint density at radius 2 is 1.46 bits per heavy atom.